The quantitative estimate of drug-likeness (QED) is 0.575. The van der Waals surface area contributed by atoms with Crippen LogP contribution >= 0.6 is 0 Å². The molecule has 74 valence electrons. The summed E-state index contributed by atoms with van der Waals surface area (Å²) < 4.78 is 10.2. The fraction of sp³-hybridized carbons (Fsp3) is 0.100. The van der Waals surface area contributed by atoms with E-state index in [1.54, 1.807) is 17.7 Å². The Kier molecular flexibility index (Phi) is 1.78. The van der Waals surface area contributed by atoms with Crippen LogP contribution in [0.4, 0.5) is 0 Å². The van der Waals surface area contributed by atoms with E-state index in [9.17, 15) is 4.79 Å². The fourth-order valence-corrected chi connectivity index (χ4v) is 2.76. The first-order valence-electron chi connectivity index (χ1n) is 4.50. The van der Waals surface area contributed by atoms with E-state index in [-0.39, 0.29) is 20.9 Å². The van der Waals surface area contributed by atoms with E-state index in [1.165, 1.54) is 0 Å². The third-order valence-corrected chi connectivity index (χ3v) is 3.57. The molecule has 0 unspecified atom stereocenters. The zero-order chi connectivity index (χ0) is 10.4. The predicted molar refractivity (Wildman–Crippen MR) is 58.3 cm³/mol. The first kappa shape index (κ1) is 8.83. The zero-order valence-corrected chi connectivity index (χ0v) is 9.68. The van der Waals surface area contributed by atoms with Crippen molar-refractivity contribution in [2.24, 2.45) is 0 Å². The first-order chi connectivity index (χ1) is 7.25. The van der Waals surface area contributed by atoms with Crippen molar-refractivity contribution in [1.82, 2.24) is 12.5 Å². The number of carbonyl (C=O) groups is 1. The van der Waals surface area contributed by atoms with E-state index >= 15 is 0 Å². The van der Waals surface area contributed by atoms with Crippen LogP contribution in [0, 0.1) is 0 Å². The SMILES string of the molecule is CC(=O)n1ccc2cc3n[se]nc3cc21. The molecule has 0 aliphatic carbocycles. The Morgan fingerprint density at radius 1 is 1.33 bits per heavy atom. The molecule has 0 amide bonds. The second-order valence-corrected chi connectivity index (χ2v) is 4.48. The van der Waals surface area contributed by atoms with Crippen molar-refractivity contribution in [2.45, 2.75) is 6.92 Å². The van der Waals surface area contributed by atoms with E-state index in [1.807, 2.05) is 18.2 Å². The van der Waals surface area contributed by atoms with Crippen molar-refractivity contribution in [3.63, 3.8) is 0 Å². The molecule has 0 aliphatic heterocycles. The van der Waals surface area contributed by atoms with Crippen molar-refractivity contribution in [3.05, 3.63) is 24.4 Å². The van der Waals surface area contributed by atoms with Gasteiger partial charge in [0.1, 0.15) is 0 Å². The second kappa shape index (κ2) is 3.02. The van der Waals surface area contributed by atoms with Crippen LogP contribution in [0.5, 0.6) is 0 Å². The van der Waals surface area contributed by atoms with Crippen LogP contribution in [0.25, 0.3) is 21.9 Å². The Hall–Kier alpha value is -1.45. The first-order valence-corrected chi connectivity index (χ1v) is 6.03. The summed E-state index contributed by atoms with van der Waals surface area (Å²) in [5, 5.41) is 1.04. The maximum atomic E-state index is 11.3. The average Bonchev–Trinajstić information content (AvgIpc) is 2.77. The van der Waals surface area contributed by atoms with E-state index in [0.29, 0.717) is 0 Å². The number of hydrogen-bond acceptors (Lipinski definition) is 3. The number of aromatic nitrogens is 3. The van der Waals surface area contributed by atoms with Gasteiger partial charge in [-0.3, -0.25) is 0 Å². The van der Waals surface area contributed by atoms with Crippen molar-refractivity contribution in [3.8, 4) is 0 Å². The molecule has 0 aliphatic rings. The fourth-order valence-electron chi connectivity index (χ4n) is 1.69. The zero-order valence-electron chi connectivity index (χ0n) is 7.97. The molecule has 2 heterocycles. The molecule has 0 fully saturated rings. The minimum absolute atomic E-state index is 0.0117. The molecule has 1 aromatic carbocycles. The van der Waals surface area contributed by atoms with Gasteiger partial charge in [0.2, 0.25) is 0 Å². The second-order valence-electron chi connectivity index (χ2n) is 3.37. The third kappa shape index (κ3) is 1.24. The van der Waals surface area contributed by atoms with E-state index in [0.717, 1.165) is 21.9 Å². The van der Waals surface area contributed by atoms with Gasteiger partial charge in [0, 0.05) is 0 Å². The van der Waals surface area contributed by atoms with Gasteiger partial charge >= 0.3 is 91.4 Å². The monoisotopic (exact) mass is 265 g/mol. The van der Waals surface area contributed by atoms with Crippen LogP contribution in [0.1, 0.15) is 11.7 Å². The Balaban J connectivity index is 2.46. The molecular formula is C10H7N3OSe. The summed E-state index contributed by atoms with van der Waals surface area (Å²) in [5.74, 6) is 0.0189. The average molecular weight is 264 g/mol. The van der Waals surface area contributed by atoms with Gasteiger partial charge in [-0.05, 0) is 0 Å². The normalized spacial score (nSPS) is 11.3. The Morgan fingerprint density at radius 3 is 2.80 bits per heavy atom. The van der Waals surface area contributed by atoms with Gasteiger partial charge in [-0.1, -0.05) is 0 Å². The van der Waals surface area contributed by atoms with Gasteiger partial charge in [0.05, 0.1) is 0 Å². The molecule has 2 aromatic heterocycles. The van der Waals surface area contributed by atoms with Gasteiger partial charge in [0.15, 0.2) is 0 Å². The summed E-state index contributed by atoms with van der Waals surface area (Å²) >= 11 is -0.0117. The van der Waals surface area contributed by atoms with Crippen LogP contribution < -0.4 is 0 Å². The van der Waals surface area contributed by atoms with E-state index < -0.39 is 0 Å². The molecule has 0 atom stereocenters. The standard InChI is InChI=1S/C10H7N3OSe/c1-6(14)13-3-2-7-4-8-9(5-10(7)13)12-15-11-8/h2-5H,1H3. The van der Waals surface area contributed by atoms with Crippen LogP contribution in [0.15, 0.2) is 24.4 Å². The number of carbonyl (C=O) groups excluding carboxylic acids is 1. The molecule has 4 nitrogen and oxygen atoms in total. The van der Waals surface area contributed by atoms with Gasteiger partial charge < -0.3 is 0 Å². The predicted octanol–water partition coefficient (Wildman–Crippen LogP) is 1.30. The number of hydrogen-bond donors (Lipinski definition) is 0. The van der Waals surface area contributed by atoms with Crippen molar-refractivity contribution in [1.29, 1.82) is 0 Å². The molecule has 3 aromatic rings. The Labute approximate surface area is 91.7 Å². The van der Waals surface area contributed by atoms with Gasteiger partial charge in [-0.25, -0.2) is 0 Å². The minimum atomic E-state index is -0.0117. The van der Waals surface area contributed by atoms with E-state index in [4.69, 9.17) is 0 Å². The number of fused-ring (bicyclic) bond motifs is 2. The molecule has 0 bridgehead atoms. The van der Waals surface area contributed by atoms with Crippen molar-refractivity contribution in [2.75, 3.05) is 0 Å². The van der Waals surface area contributed by atoms with Crippen LogP contribution in [-0.4, -0.2) is 33.4 Å². The van der Waals surface area contributed by atoms with Gasteiger partial charge in [-0.15, -0.1) is 0 Å². The van der Waals surface area contributed by atoms with Crippen LogP contribution in [-0.2, 0) is 0 Å². The number of rotatable bonds is 0. The number of benzene rings is 1. The maximum absolute atomic E-state index is 11.3. The summed E-state index contributed by atoms with van der Waals surface area (Å²) in [7, 11) is 0. The molecule has 0 saturated carbocycles. The van der Waals surface area contributed by atoms with Crippen molar-refractivity contribution < 1.29 is 4.79 Å². The molecule has 0 radical (unpaired) electrons. The molecule has 0 N–H and O–H groups in total. The Morgan fingerprint density at radius 2 is 2.07 bits per heavy atom. The Bertz CT molecular complexity index is 667. The third-order valence-electron chi connectivity index (χ3n) is 2.40. The number of nitrogens with zero attached hydrogens (tertiary/aromatic N) is 3. The van der Waals surface area contributed by atoms with Gasteiger partial charge in [0.25, 0.3) is 0 Å². The van der Waals surface area contributed by atoms with Crippen LogP contribution in [0.2, 0.25) is 0 Å². The topological polar surface area (TPSA) is 47.8 Å². The molecule has 5 heteroatoms. The van der Waals surface area contributed by atoms with Gasteiger partial charge in [-0.2, -0.15) is 0 Å². The molecule has 0 spiro atoms. The van der Waals surface area contributed by atoms with E-state index in [2.05, 4.69) is 7.96 Å². The molecule has 3 rings (SSSR count). The molecular weight excluding hydrogens is 257 g/mol. The summed E-state index contributed by atoms with van der Waals surface area (Å²) in [4.78, 5) is 11.3. The summed E-state index contributed by atoms with van der Waals surface area (Å²) in [6.45, 7) is 1.55. The summed E-state index contributed by atoms with van der Waals surface area (Å²) in [6.07, 6.45) is 1.79. The summed E-state index contributed by atoms with van der Waals surface area (Å²) in [5.41, 5.74) is 2.77. The molecule has 0 saturated heterocycles. The summed E-state index contributed by atoms with van der Waals surface area (Å²) in [6, 6.07) is 5.85. The molecule has 15 heavy (non-hydrogen) atoms. The van der Waals surface area contributed by atoms with Crippen molar-refractivity contribution >= 4 is 42.8 Å². The van der Waals surface area contributed by atoms with Crippen LogP contribution in [0.3, 0.4) is 0 Å².